The van der Waals surface area contributed by atoms with Gasteiger partial charge in [-0.1, -0.05) is 18.2 Å². The molecular formula is C18H22FN. The van der Waals surface area contributed by atoms with Gasteiger partial charge in [0.1, 0.15) is 5.82 Å². The van der Waals surface area contributed by atoms with Crippen molar-refractivity contribution in [3.8, 4) is 0 Å². The van der Waals surface area contributed by atoms with Gasteiger partial charge in [-0.05, 0) is 80.3 Å². The van der Waals surface area contributed by atoms with Crippen LogP contribution in [0.25, 0.3) is 0 Å². The normalized spacial score (nSPS) is 12.5. The summed E-state index contributed by atoms with van der Waals surface area (Å²) in [5, 5.41) is 3.37. The number of rotatable bonds is 3. The molecule has 0 aliphatic carbocycles. The Balaban J connectivity index is 2.60. The third kappa shape index (κ3) is 2.61. The zero-order chi connectivity index (χ0) is 14.9. The highest BCUT2D eigenvalue weighted by atomic mass is 19.1. The van der Waals surface area contributed by atoms with E-state index in [-0.39, 0.29) is 11.9 Å². The van der Waals surface area contributed by atoms with Gasteiger partial charge in [0, 0.05) is 0 Å². The van der Waals surface area contributed by atoms with Crippen LogP contribution in [0.15, 0.2) is 30.3 Å². The van der Waals surface area contributed by atoms with E-state index >= 15 is 0 Å². The van der Waals surface area contributed by atoms with Gasteiger partial charge >= 0.3 is 0 Å². The lowest BCUT2D eigenvalue weighted by Crippen LogP contribution is -2.20. The molecule has 0 spiro atoms. The number of hydrogen-bond donors (Lipinski definition) is 1. The number of hydrogen-bond acceptors (Lipinski definition) is 1. The summed E-state index contributed by atoms with van der Waals surface area (Å²) in [4.78, 5) is 0. The predicted molar refractivity (Wildman–Crippen MR) is 82.7 cm³/mol. The van der Waals surface area contributed by atoms with E-state index in [2.05, 4.69) is 39.1 Å². The summed E-state index contributed by atoms with van der Waals surface area (Å²) in [5.41, 5.74) is 7.59. The smallest absolute Gasteiger partial charge is 0.123 e. The Labute approximate surface area is 120 Å². The molecule has 0 aliphatic heterocycles. The molecule has 1 atom stereocenters. The maximum absolute atomic E-state index is 13.1. The summed E-state index contributed by atoms with van der Waals surface area (Å²) >= 11 is 0. The van der Waals surface area contributed by atoms with Crippen molar-refractivity contribution in [2.24, 2.45) is 0 Å². The van der Waals surface area contributed by atoms with E-state index in [4.69, 9.17) is 0 Å². The van der Waals surface area contributed by atoms with E-state index in [1.165, 1.54) is 39.9 Å². The summed E-state index contributed by atoms with van der Waals surface area (Å²) in [6.45, 7) is 8.60. The van der Waals surface area contributed by atoms with Gasteiger partial charge in [0.2, 0.25) is 0 Å². The molecule has 0 bridgehead atoms. The maximum Gasteiger partial charge on any atom is 0.123 e. The second kappa shape index (κ2) is 5.76. The lowest BCUT2D eigenvalue weighted by atomic mass is 9.87. The van der Waals surface area contributed by atoms with Crippen LogP contribution in [-0.4, -0.2) is 7.05 Å². The van der Waals surface area contributed by atoms with Crippen LogP contribution < -0.4 is 5.32 Å². The fourth-order valence-electron chi connectivity index (χ4n) is 2.81. The van der Waals surface area contributed by atoms with Crippen molar-refractivity contribution < 1.29 is 4.39 Å². The van der Waals surface area contributed by atoms with Gasteiger partial charge in [-0.2, -0.15) is 0 Å². The van der Waals surface area contributed by atoms with Crippen molar-refractivity contribution in [1.29, 1.82) is 0 Å². The second-order valence-electron chi connectivity index (χ2n) is 5.45. The monoisotopic (exact) mass is 271 g/mol. The van der Waals surface area contributed by atoms with Gasteiger partial charge in [0.25, 0.3) is 0 Å². The van der Waals surface area contributed by atoms with Gasteiger partial charge in [0.15, 0.2) is 0 Å². The van der Waals surface area contributed by atoms with Gasteiger partial charge in [0.05, 0.1) is 6.04 Å². The molecule has 1 nitrogen and oxygen atoms in total. The second-order valence-corrected chi connectivity index (χ2v) is 5.45. The molecule has 2 heteroatoms. The first-order valence-electron chi connectivity index (χ1n) is 6.95. The number of aryl methyl sites for hydroxylation is 2. The van der Waals surface area contributed by atoms with Gasteiger partial charge in [-0.25, -0.2) is 4.39 Å². The first-order chi connectivity index (χ1) is 9.45. The molecular weight excluding hydrogens is 249 g/mol. The topological polar surface area (TPSA) is 12.0 Å². The quantitative estimate of drug-likeness (QED) is 0.874. The zero-order valence-corrected chi connectivity index (χ0v) is 12.8. The molecule has 0 fully saturated rings. The van der Waals surface area contributed by atoms with Crippen molar-refractivity contribution in [2.45, 2.75) is 33.7 Å². The van der Waals surface area contributed by atoms with Crippen molar-refractivity contribution in [3.05, 3.63) is 69.5 Å². The van der Waals surface area contributed by atoms with Crippen LogP contribution in [0.4, 0.5) is 4.39 Å². The Bertz CT molecular complexity index is 588. The number of benzene rings is 2. The molecule has 0 amide bonds. The molecule has 106 valence electrons. The Morgan fingerprint density at radius 2 is 1.40 bits per heavy atom. The predicted octanol–water partition coefficient (Wildman–Crippen LogP) is 4.37. The largest absolute Gasteiger partial charge is 0.309 e. The summed E-state index contributed by atoms with van der Waals surface area (Å²) in [6.07, 6.45) is 0. The molecule has 1 unspecified atom stereocenters. The van der Waals surface area contributed by atoms with Crippen molar-refractivity contribution in [3.63, 3.8) is 0 Å². The fourth-order valence-corrected chi connectivity index (χ4v) is 2.81. The number of halogens is 1. The average Bonchev–Trinajstić information content (AvgIpc) is 2.43. The molecule has 0 aromatic heterocycles. The van der Waals surface area contributed by atoms with Gasteiger partial charge < -0.3 is 5.32 Å². The minimum absolute atomic E-state index is 0.0919. The first kappa shape index (κ1) is 14.7. The van der Waals surface area contributed by atoms with E-state index in [0.717, 1.165) is 5.56 Å². The highest BCUT2D eigenvalue weighted by Crippen LogP contribution is 2.31. The summed E-state index contributed by atoms with van der Waals surface area (Å²) in [6, 6.07) is 9.07. The third-order valence-corrected chi connectivity index (χ3v) is 4.20. The molecule has 2 aromatic rings. The molecule has 0 saturated carbocycles. The van der Waals surface area contributed by atoms with Crippen molar-refractivity contribution >= 4 is 0 Å². The van der Waals surface area contributed by atoms with Crippen LogP contribution in [0.3, 0.4) is 0 Å². The van der Waals surface area contributed by atoms with E-state index in [0.29, 0.717) is 0 Å². The van der Waals surface area contributed by atoms with Crippen LogP contribution in [0.2, 0.25) is 0 Å². The molecule has 0 radical (unpaired) electrons. The number of nitrogens with one attached hydrogen (secondary N) is 1. The standard InChI is InChI=1S/C18H22FN/c1-11-10-12(2)14(4)17(13(11)3)18(20-5)15-6-8-16(19)9-7-15/h6-10,18,20H,1-5H3. The molecule has 0 heterocycles. The zero-order valence-electron chi connectivity index (χ0n) is 12.8. The van der Waals surface area contributed by atoms with Crippen LogP contribution >= 0.6 is 0 Å². The minimum Gasteiger partial charge on any atom is -0.309 e. The summed E-state index contributed by atoms with van der Waals surface area (Å²) in [5.74, 6) is -0.197. The van der Waals surface area contributed by atoms with Crippen molar-refractivity contribution in [2.75, 3.05) is 7.05 Å². The SMILES string of the molecule is CNC(c1ccc(F)cc1)c1c(C)c(C)cc(C)c1C. The highest BCUT2D eigenvalue weighted by molar-refractivity contribution is 5.48. The van der Waals surface area contributed by atoms with Crippen LogP contribution in [0, 0.1) is 33.5 Å². The van der Waals surface area contributed by atoms with E-state index in [9.17, 15) is 4.39 Å². The average molecular weight is 271 g/mol. The molecule has 1 N–H and O–H groups in total. The van der Waals surface area contributed by atoms with E-state index in [1.807, 2.05) is 19.2 Å². The molecule has 20 heavy (non-hydrogen) atoms. The van der Waals surface area contributed by atoms with E-state index in [1.54, 1.807) is 0 Å². The Morgan fingerprint density at radius 3 is 1.85 bits per heavy atom. The lowest BCUT2D eigenvalue weighted by Gasteiger charge is -2.24. The van der Waals surface area contributed by atoms with Crippen LogP contribution in [-0.2, 0) is 0 Å². The maximum atomic E-state index is 13.1. The molecule has 2 rings (SSSR count). The van der Waals surface area contributed by atoms with Crippen LogP contribution in [0.1, 0.15) is 39.4 Å². The Kier molecular flexibility index (Phi) is 4.24. The Hall–Kier alpha value is -1.67. The van der Waals surface area contributed by atoms with Gasteiger partial charge in [-0.15, -0.1) is 0 Å². The van der Waals surface area contributed by atoms with Crippen LogP contribution in [0.5, 0.6) is 0 Å². The highest BCUT2D eigenvalue weighted by Gasteiger charge is 2.19. The van der Waals surface area contributed by atoms with Gasteiger partial charge in [-0.3, -0.25) is 0 Å². The lowest BCUT2D eigenvalue weighted by molar-refractivity contribution is 0.623. The van der Waals surface area contributed by atoms with Crippen molar-refractivity contribution in [1.82, 2.24) is 5.32 Å². The molecule has 2 aromatic carbocycles. The Morgan fingerprint density at radius 1 is 0.900 bits per heavy atom. The third-order valence-electron chi connectivity index (χ3n) is 4.20. The van der Waals surface area contributed by atoms with E-state index < -0.39 is 0 Å². The molecule has 0 saturated heterocycles. The summed E-state index contributed by atoms with van der Waals surface area (Å²) in [7, 11) is 1.95. The summed E-state index contributed by atoms with van der Waals surface area (Å²) < 4.78 is 13.1. The molecule has 0 aliphatic rings. The fraction of sp³-hybridized carbons (Fsp3) is 0.333. The minimum atomic E-state index is -0.197. The first-order valence-corrected chi connectivity index (χ1v) is 6.95.